The number of carbonyl (C=O) groups is 2. The minimum atomic E-state index is -0.484. The van der Waals surface area contributed by atoms with Gasteiger partial charge in [-0.2, -0.15) is 0 Å². The van der Waals surface area contributed by atoms with Crippen molar-refractivity contribution in [3.05, 3.63) is 53.6 Å². The number of carbonyl (C=O) groups excluding carboxylic acids is 2. The van der Waals surface area contributed by atoms with Gasteiger partial charge < -0.3 is 19.5 Å². The second-order valence-corrected chi connectivity index (χ2v) is 6.81. The quantitative estimate of drug-likeness (QED) is 0.602. The number of nitrogens with one attached hydrogen (secondary N) is 1. The highest BCUT2D eigenvalue weighted by atomic mass is 16.5. The second kappa shape index (κ2) is 11.1. The lowest BCUT2D eigenvalue weighted by Gasteiger charge is -2.12. The molecule has 0 saturated heterocycles. The van der Waals surface area contributed by atoms with E-state index in [0.717, 1.165) is 5.56 Å². The SMILES string of the molecule is CCOc1ccc(CC(=O)OCC(=O)Nc2ccc(C(C)C)cc2)cc1OCC. The van der Waals surface area contributed by atoms with E-state index in [1.165, 1.54) is 5.56 Å². The van der Waals surface area contributed by atoms with Gasteiger partial charge in [-0.25, -0.2) is 0 Å². The molecule has 0 saturated carbocycles. The summed E-state index contributed by atoms with van der Waals surface area (Å²) in [6.45, 7) is 8.67. The highest BCUT2D eigenvalue weighted by molar-refractivity contribution is 5.92. The van der Waals surface area contributed by atoms with Crippen LogP contribution in [0.25, 0.3) is 0 Å². The lowest BCUT2D eigenvalue weighted by molar-refractivity contribution is -0.146. The summed E-state index contributed by atoms with van der Waals surface area (Å²) in [5, 5.41) is 2.72. The number of benzene rings is 2. The summed E-state index contributed by atoms with van der Waals surface area (Å²) >= 11 is 0. The van der Waals surface area contributed by atoms with Crippen LogP contribution in [0.3, 0.4) is 0 Å². The summed E-state index contributed by atoms with van der Waals surface area (Å²) in [6.07, 6.45) is 0.0445. The van der Waals surface area contributed by atoms with Crippen molar-refractivity contribution in [2.75, 3.05) is 25.1 Å². The molecule has 6 heteroatoms. The Bertz CT molecular complexity index is 815. The van der Waals surface area contributed by atoms with E-state index in [9.17, 15) is 9.59 Å². The third-order valence-electron chi connectivity index (χ3n) is 4.18. The predicted octanol–water partition coefficient (Wildman–Crippen LogP) is 4.33. The van der Waals surface area contributed by atoms with Crippen LogP contribution in [0.15, 0.2) is 42.5 Å². The number of amides is 1. The van der Waals surface area contributed by atoms with Crippen molar-refractivity contribution in [3.63, 3.8) is 0 Å². The Morgan fingerprint density at radius 3 is 2.21 bits per heavy atom. The summed E-state index contributed by atoms with van der Waals surface area (Å²) in [4.78, 5) is 24.1. The zero-order chi connectivity index (χ0) is 21.2. The monoisotopic (exact) mass is 399 g/mol. The van der Waals surface area contributed by atoms with Gasteiger partial charge in [-0.1, -0.05) is 32.0 Å². The van der Waals surface area contributed by atoms with E-state index in [2.05, 4.69) is 19.2 Å². The molecule has 156 valence electrons. The maximum atomic E-state index is 12.1. The fourth-order valence-corrected chi connectivity index (χ4v) is 2.72. The van der Waals surface area contributed by atoms with E-state index in [0.29, 0.717) is 36.3 Å². The number of hydrogen-bond donors (Lipinski definition) is 1. The number of esters is 1. The Labute approximate surface area is 172 Å². The van der Waals surface area contributed by atoms with Gasteiger partial charge in [0.05, 0.1) is 19.6 Å². The van der Waals surface area contributed by atoms with Crippen molar-refractivity contribution < 1.29 is 23.8 Å². The Morgan fingerprint density at radius 2 is 1.59 bits per heavy atom. The zero-order valence-corrected chi connectivity index (χ0v) is 17.5. The molecular formula is C23H29NO5. The Kier molecular flexibility index (Phi) is 8.52. The Balaban J connectivity index is 1.85. The van der Waals surface area contributed by atoms with Gasteiger partial charge >= 0.3 is 5.97 Å². The Morgan fingerprint density at radius 1 is 0.931 bits per heavy atom. The summed E-state index contributed by atoms with van der Waals surface area (Å²) in [6, 6.07) is 12.9. The van der Waals surface area contributed by atoms with Crippen LogP contribution < -0.4 is 14.8 Å². The van der Waals surface area contributed by atoms with Gasteiger partial charge in [0.2, 0.25) is 0 Å². The lowest BCUT2D eigenvalue weighted by atomic mass is 10.0. The van der Waals surface area contributed by atoms with Crippen molar-refractivity contribution in [1.82, 2.24) is 0 Å². The highest BCUT2D eigenvalue weighted by Crippen LogP contribution is 2.28. The molecule has 0 bridgehead atoms. The maximum absolute atomic E-state index is 12.1. The number of anilines is 1. The molecule has 0 radical (unpaired) electrons. The van der Waals surface area contributed by atoms with Crippen molar-refractivity contribution in [2.24, 2.45) is 0 Å². The van der Waals surface area contributed by atoms with Crippen LogP contribution in [0.2, 0.25) is 0 Å². The first-order valence-electron chi connectivity index (χ1n) is 9.86. The number of ether oxygens (including phenoxy) is 3. The molecule has 2 aromatic carbocycles. The van der Waals surface area contributed by atoms with E-state index in [1.54, 1.807) is 18.2 Å². The first kappa shape index (κ1) is 22.3. The fraction of sp³-hybridized carbons (Fsp3) is 0.391. The molecule has 6 nitrogen and oxygen atoms in total. The fourth-order valence-electron chi connectivity index (χ4n) is 2.72. The molecule has 0 unspecified atom stereocenters. The molecule has 2 rings (SSSR count). The van der Waals surface area contributed by atoms with Crippen LogP contribution in [-0.2, 0) is 20.7 Å². The maximum Gasteiger partial charge on any atom is 0.310 e. The molecule has 0 aliphatic rings. The molecule has 0 spiro atoms. The van der Waals surface area contributed by atoms with Crippen molar-refractivity contribution in [1.29, 1.82) is 0 Å². The van der Waals surface area contributed by atoms with Gasteiger partial charge in [-0.05, 0) is 55.2 Å². The molecule has 0 aromatic heterocycles. The van der Waals surface area contributed by atoms with Crippen molar-refractivity contribution >= 4 is 17.6 Å². The van der Waals surface area contributed by atoms with E-state index in [-0.39, 0.29) is 18.9 Å². The molecular weight excluding hydrogens is 370 g/mol. The van der Waals surface area contributed by atoms with Crippen LogP contribution in [0.1, 0.15) is 44.7 Å². The number of rotatable bonds is 10. The van der Waals surface area contributed by atoms with Crippen LogP contribution in [0, 0.1) is 0 Å². The van der Waals surface area contributed by atoms with Crippen molar-refractivity contribution in [2.45, 2.75) is 40.0 Å². The minimum Gasteiger partial charge on any atom is -0.490 e. The largest absolute Gasteiger partial charge is 0.490 e. The molecule has 1 N–H and O–H groups in total. The summed E-state index contributed by atoms with van der Waals surface area (Å²) in [5.41, 5.74) is 2.59. The van der Waals surface area contributed by atoms with E-state index in [1.807, 2.05) is 38.1 Å². The molecule has 29 heavy (non-hydrogen) atoms. The molecule has 0 heterocycles. The highest BCUT2D eigenvalue weighted by Gasteiger charge is 2.12. The van der Waals surface area contributed by atoms with E-state index in [4.69, 9.17) is 14.2 Å². The molecule has 0 aliphatic heterocycles. The molecule has 1 amide bonds. The predicted molar refractivity (Wildman–Crippen MR) is 113 cm³/mol. The van der Waals surface area contributed by atoms with Crippen molar-refractivity contribution in [3.8, 4) is 11.5 Å². The standard InChI is InChI=1S/C23H29NO5/c1-5-27-20-12-7-17(13-21(20)28-6-2)14-23(26)29-15-22(25)24-19-10-8-18(9-11-19)16(3)4/h7-13,16H,5-6,14-15H2,1-4H3,(H,24,25). The molecule has 0 aliphatic carbocycles. The third-order valence-corrected chi connectivity index (χ3v) is 4.18. The average molecular weight is 399 g/mol. The van der Waals surface area contributed by atoms with Gasteiger partial charge in [0, 0.05) is 5.69 Å². The van der Waals surface area contributed by atoms with E-state index < -0.39 is 5.97 Å². The summed E-state index contributed by atoms with van der Waals surface area (Å²) < 4.78 is 16.2. The van der Waals surface area contributed by atoms with Gasteiger partial charge in [0.15, 0.2) is 18.1 Å². The molecule has 0 atom stereocenters. The topological polar surface area (TPSA) is 73.9 Å². The van der Waals surface area contributed by atoms with Crippen LogP contribution in [0.4, 0.5) is 5.69 Å². The van der Waals surface area contributed by atoms with E-state index >= 15 is 0 Å². The lowest BCUT2D eigenvalue weighted by Crippen LogP contribution is -2.21. The minimum absolute atomic E-state index is 0.0445. The molecule has 0 fully saturated rings. The zero-order valence-electron chi connectivity index (χ0n) is 17.5. The van der Waals surface area contributed by atoms with Gasteiger partial charge in [-0.3, -0.25) is 9.59 Å². The second-order valence-electron chi connectivity index (χ2n) is 6.81. The smallest absolute Gasteiger partial charge is 0.310 e. The van der Waals surface area contributed by atoms with Crippen LogP contribution >= 0.6 is 0 Å². The third kappa shape index (κ3) is 7.14. The van der Waals surface area contributed by atoms with Crippen LogP contribution in [-0.4, -0.2) is 31.7 Å². The number of hydrogen-bond acceptors (Lipinski definition) is 5. The first-order valence-corrected chi connectivity index (χ1v) is 9.86. The van der Waals surface area contributed by atoms with Gasteiger partial charge in [0.1, 0.15) is 0 Å². The first-order chi connectivity index (χ1) is 13.9. The Hall–Kier alpha value is -3.02. The normalized spacial score (nSPS) is 10.5. The van der Waals surface area contributed by atoms with Gasteiger partial charge in [-0.15, -0.1) is 0 Å². The van der Waals surface area contributed by atoms with Crippen LogP contribution in [0.5, 0.6) is 11.5 Å². The summed E-state index contributed by atoms with van der Waals surface area (Å²) in [7, 11) is 0. The van der Waals surface area contributed by atoms with Gasteiger partial charge in [0.25, 0.3) is 5.91 Å². The molecule has 2 aromatic rings. The summed E-state index contributed by atoms with van der Waals surface area (Å²) in [5.74, 6) is 0.780. The average Bonchev–Trinajstić information content (AvgIpc) is 2.69.